The van der Waals surface area contributed by atoms with Crippen molar-refractivity contribution in [2.75, 3.05) is 13.7 Å². The molecule has 0 spiro atoms. The number of pyridine rings is 1. The molecule has 2 rings (SSSR count). The molecule has 1 aromatic carbocycles. The van der Waals surface area contributed by atoms with Gasteiger partial charge in [-0.05, 0) is 50.1 Å². The van der Waals surface area contributed by atoms with Gasteiger partial charge in [0.05, 0.1) is 11.9 Å². The van der Waals surface area contributed by atoms with Crippen LogP contribution in [0.3, 0.4) is 0 Å². The van der Waals surface area contributed by atoms with Crippen LogP contribution < -0.4 is 9.47 Å². The summed E-state index contributed by atoms with van der Waals surface area (Å²) in [4.78, 5) is 8.93. The number of ether oxygens (including phenoxy) is 2. The number of aromatic nitrogens is 1. The minimum atomic E-state index is 0.454. The monoisotopic (exact) mass is 340 g/mol. The summed E-state index contributed by atoms with van der Waals surface area (Å²) in [7, 11) is 1.50. The number of nitrogens with zero attached hydrogens (tertiary/aromatic N) is 2. The Hall–Kier alpha value is -2.82. The second-order valence-electron chi connectivity index (χ2n) is 5.56. The first-order valence-corrected chi connectivity index (χ1v) is 8.13. The molecule has 5 heteroatoms. The lowest BCUT2D eigenvalue weighted by atomic mass is 10.1. The first-order valence-electron chi connectivity index (χ1n) is 8.13. The van der Waals surface area contributed by atoms with Crippen LogP contribution in [0.4, 0.5) is 0 Å². The van der Waals surface area contributed by atoms with Crippen LogP contribution in [0.1, 0.15) is 29.3 Å². The van der Waals surface area contributed by atoms with Gasteiger partial charge >= 0.3 is 0 Å². The standard InChI is InChI=1S/C20H24N2O3/c1-5-6-9-24-19-10-15(2)20(16(3)11-19)25-14-17-7-8-18(21-12-17)13-22-23-4/h5-8,10-13H,9,14H2,1-4H3/b6-5+,22-13?. The van der Waals surface area contributed by atoms with Gasteiger partial charge in [-0.15, -0.1) is 0 Å². The molecule has 132 valence electrons. The van der Waals surface area contributed by atoms with Crippen LogP contribution in [0.15, 0.2) is 47.8 Å². The van der Waals surface area contributed by atoms with E-state index >= 15 is 0 Å². The third-order valence-corrected chi connectivity index (χ3v) is 3.54. The van der Waals surface area contributed by atoms with Gasteiger partial charge in [-0.1, -0.05) is 23.4 Å². The van der Waals surface area contributed by atoms with Gasteiger partial charge in [0.2, 0.25) is 0 Å². The van der Waals surface area contributed by atoms with Crippen molar-refractivity contribution in [2.24, 2.45) is 5.16 Å². The van der Waals surface area contributed by atoms with E-state index in [1.807, 2.05) is 57.2 Å². The maximum absolute atomic E-state index is 5.99. The summed E-state index contributed by atoms with van der Waals surface area (Å²) in [5.41, 5.74) is 3.82. The average Bonchev–Trinajstić information content (AvgIpc) is 2.60. The summed E-state index contributed by atoms with van der Waals surface area (Å²) in [6.45, 7) is 7.04. The minimum Gasteiger partial charge on any atom is -0.490 e. The van der Waals surface area contributed by atoms with E-state index < -0.39 is 0 Å². The topological polar surface area (TPSA) is 52.9 Å². The fraction of sp³-hybridized carbons (Fsp3) is 0.300. The quantitative estimate of drug-likeness (QED) is 0.410. The average molecular weight is 340 g/mol. The van der Waals surface area contributed by atoms with Crippen molar-refractivity contribution in [1.82, 2.24) is 4.98 Å². The molecular formula is C20H24N2O3. The molecule has 0 radical (unpaired) electrons. The highest BCUT2D eigenvalue weighted by Gasteiger charge is 2.08. The Bertz CT molecular complexity index is 714. The smallest absolute Gasteiger partial charge is 0.125 e. The number of rotatable bonds is 8. The van der Waals surface area contributed by atoms with Gasteiger partial charge in [0.15, 0.2) is 0 Å². The van der Waals surface area contributed by atoms with Crippen LogP contribution >= 0.6 is 0 Å². The van der Waals surface area contributed by atoms with Crippen LogP contribution in [0.5, 0.6) is 11.5 Å². The van der Waals surface area contributed by atoms with Crippen molar-refractivity contribution in [1.29, 1.82) is 0 Å². The second kappa shape index (κ2) is 9.47. The van der Waals surface area contributed by atoms with Gasteiger partial charge in [-0.25, -0.2) is 0 Å². The molecule has 0 saturated heterocycles. The molecule has 0 unspecified atom stereocenters. The SMILES string of the molecule is C/C=C/COc1cc(C)c(OCc2ccc(C=NOC)nc2)c(C)c1. The van der Waals surface area contributed by atoms with Crippen LogP contribution in [0.2, 0.25) is 0 Å². The third kappa shape index (κ3) is 5.64. The van der Waals surface area contributed by atoms with Gasteiger partial charge in [-0.2, -0.15) is 0 Å². The Morgan fingerprint density at radius 3 is 2.48 bits per heavy atom. The Morgan fingerprint density at radius 2 is 1.88 bits per heavy atom. The number of allylic oxidation sites excluding steroid dienone is 1. The maximum Gasteiger partial charge on any atom is 0.125 e. The van der Waals surface area contributed by atoms with Crippen molar-refractivity contribution in [3.8, 4) is 11.5 Å². The number of aryl methyl sites for hydroxylation is 2. The van der Waals surface area contributed by atoms with E-state index in [0.29, 0.717) is 13.2 Å². The van der Waals surface area contributed by atoms with E-state index in [2.05, 4.69) is 15.0 Å². The first-order chi connectivity index (χ1) is 12.1. The molecule has 0 aliphatic heterocycles. The molecule has 0 N–H and O–H groups in total. The van der Waals surface area contributed by atoms with E-state index in [4.69, 9.17) is 9.47 Å². The highest BCUT2D eigenvalue weighted by Crippen LogP contribution is 2.29. The van der Waals surface area contributed by atoms with E-state index in [1.54, 1.807) is 12.4 Å². The van der Waals surface area contributed by atoms with Crippen LogP contribution in [-0.2, 0) is 11.4 Å². The fourth-order valence-corrected chi connectivity index (χ4v) is 2.32. The van der Waals surface area contributed by atoms with Gasteiger partial charge in [0, 0.05) is 11.8 Å². The Labute approximate surface area is 148 Å². The van der Waals surface area contributed by atoms with Crippen LogP contribution in [0, 0.1) is 13.8 Å². The van der Waals surface area contributed by atoms with Crippen LogP contribution in [0.25, 0.3) is 0 Å². The molecule has 0 aliphatic carbocycles. The summed E-state index contributed by atoms with van der Waals surface area (Å²) >= 11 is 0. The van der Waals surface area contributed by atoms with Crippen molar-refractivity contribution in [3.63, 3.8) is 0 Å². The van der Waals surface area contributed by atoms with Gasteiger partial charge in [0.1, 0.15) is 31.8 Å². The van der Waals surface area contributed by atoms with E-state index in [9.17, 15) is 0 Å². The molecular weight excluding hydrogens is 316 g/mol. The van der Waals surface area contributed by atoms with Gasteiger partial charge < -0.3 is 14.3 Å². The van der Waals surface area contributed by atoms with E-state index in [-0.39, 0.29) is 0 Å². The Balaban J connectivity index is 2.01. The fourth-order valence-electron chi connectivity index (χ4n) is 2.32. The lowest BCUT2D eigenvalue weighted by Gasteiger charge is -2.14. The molecule has 0 amide bonds. The van der Waals surface area contributed by atoms with E-state index in [1.165, 1.54) is 7.11 Å². The molecule has 0 fully saturated rings. The second-order valence-corrected chi connectivity index (χ2v) is 5.56. The highest BCUT2D eigenvalue weighted by atomic mass is 16.6. The summed E-state index contributed by atoms with van der Waals surface area (Å²) in [5.74, 6) is 1.73. The normalized spacial score (nSPS) is 11.2. The number of hydrogen-bond acceptors (Lipinski definition) is 5. The first kappa shape index (κ1) is 18.5. The summed E-state index contributed by atoms with van der Waals surface area (Å²) in [6.07, 6.45) is 7.28. The zero-order chi connectivity index (χ0) is 18.1. The van der Waals surface area contributed by atoms with Gasteiger partial charge in [-0.3, -0.25) is 4.98 Å². The van der Waals surface area contributed by atoms with Crippen molar-refractivity contribution >= 4 is 6.21 Å². The summed E-state index contributed by atoms with van der Waals surface area (Å²) in [6, 6.07) is 7.82. The molecule has 0 aliphatic rings. The zero-order valence-corrected chi connectivity index (χ0v) is 15.2. The van der Waals surface area contributed by atoms with Crippen molar-refractivity contribution in [3.05, 3.63) is 65.0 Å². The molecule has 2 aromatic rings. The molecule has 1 aromatic heterocycles. The van der Waals surface area contributed by atoms with Crippen molar-refractivity contribution < 1.29 is 14.3 Å². The molecule has 5 nitrogen and oxygen atoms in total. The third-order valence-electron chi connectivity index (χ3n) is 3.54. The van der Waals surface area contributed by atoms with Gasteiger partial charge in [0.25, 0.3) is 0 Å². The molecule has 0 atom stereocenters. The predicted octanol–water partition coefficient (Wildman–Crippen LogP) is 4.21. The molecule has 1 heterocycles. The Morgan fingerprint density at radius 1 is 1.12 bits per heavy atom. The number of benzene rings is 1. The van der Waals surface area contributed by atoms with Crippen molar-refractivity contribution in [2.45, 2.75) is 27.4 Å². The lowest BCUT2D eigenvalue weighted by molar-refractivity contribution is 0.215. The molecule has 25 heavy (non-hydrogen) atoms. The highest BCUT2D eigenvalue weighted by molar-refractivity contribution is 5.76. The number of hydrogen-bond donors (Lipinski definition) is 0. The molecule has 0 bridgehead atoms. The van der Waals surface area contributed by atoms with E-state index in [0.717, 1.165) is 33.9 Å². The zero-order valence-electron chi connectivity index (χ0n) is 15.2. The minimum absolute atomic E-state index is 0.454. The predicted molar refractivity (Wildman–Crippen MR) is 99.4 cm³/mol. The lowest BCUT2D eigenvalue weighted by Crippen LogP contribution is -2.01. The number of oxime groups is 1. The summed E-state index contributed by atoms with van der Waals surface area (Å²) in [5, 5.41) is 3.69. The van der Waals surface area contributed by atoms with Crippen LogP contribution in [-0.4, -0.2) is 24.9 Å². The Kier molecular flexibility index (Phi) is 7.01. The molecule has 0 saturated carbocycles. The largest absolute Gasteiger partial charge is 0.490 e. The summed E-state index contributed by atoms with van der Waals surface area (Å²) < 4.78 is 11.7. The maximum atomic E-state index is 5.99.